The van der Waals surface area contributed by atoms with Crippen molar-refractivity contribution in [1.29, 1.82) is 0 Å². The first kappa shape index (κ1) is 11.8. The average molecular weight is 236 g/mol. The highest BCUT2D eigenvalue weighted by atomic mass is 16.2. The highest BCUT2D eigenvalue weighted by Crippen LogP contribution is 2.18. The molecule has 2 heterocycles. The van der Waals surface area contributed by atoms with E-state index in [-0.39, 0.29) is 23.8 Å². The van der Waals surface area contributed by atoms with Crippen molar-refractivity contribution in [2.75, 3.05) is 0 Å². The zero-order valence-electron chi connectivity index (χ0n) is 10.0. The summed E-state index contributed by atoms with van der Waals surface area (Å²) in [4.78, 5) is 26.8. The summed E-state index contributed by atoms with van der Waals surface area (Å²) >= 11 is 0. The summed E-state index contributed by atoms with van der Waals surface area (Å²) in [5.41, 5.74) is 0. The van der Waals surface area contributed by atoms with E-state index in [1.165, 1.54) is 6.33 Å². The molecule has 17 heavy (non-hydrogen) atoms. The van der Waals surface area contributed by atoms with E-state index in [9.17, 15) is 9.59 Å². The second-order valence-corrected chi connectivity index (χ2v) is 4.57. The highest BCUT2D eigenvalue weighted by Gasteiger charge is 2.28. The zero-order valence-corrected chi connectivity index (χ0v) is 10.0. The summed E-state index contributed by atoms with van der Waals surface area (Å²) in [5.74, 6) is 0.250. The molecule has 1 aliphatic heterocycles. The summed E-state index contributed by atoms with van der Waals surface area (Å²) in [7, 11) is 0. The van der Waals surface area contributed by atoms with Crippen LogP contribution in [0.4, 0.5) is 0 Å². The molecule has 0 aromatic carbocycles. The molecular formula is C11H16N4O2. The van der Waals surface area contributed by atoms with Gasteiger partial charge in [0.1, 0.15) is 12.2 Å². The Bertz CT molecular complexity index is 438. The van der Waals surface area contributed by atoms with Crippen LogP contribution in [0.3, 0.4) is 0 Å². The Morgan fingerprint density at radius 3 is 2.94 bits per heavy atom. The van der Waals surface area contributed by atoms with Crippen LogP contribution in [0.25, 0.3) is 0 Å². The van der Waals surface area contributed by atoms with Crippen molar-refractivity contribution in [2.45, 2.75) is 39.2 Å². The van der Waals surface area contributed by atoms with Gasteiger partial charge in [-0.3, -0.25) is 14.9 Å². The maximum Gasteiger partial charge on any atom is 0.230 e. The Morgan fingerprint density at radius 2 is 2.29 bits per heavy atom. The lowest BCUT2D eigenvalue weighted by Crippen LogP contribution is -2.41. The van der Waals surface area contributed by atoms with Crippen molar-refractivity contribution < 1.29 is 9.59 Å². The molecule has 0 saturated carbocycles. The van der Waals surface area contributed by atoms with Crippen molar-refractivity contribution in [1.82, 2.24) is 20.1 Å². The third-order valence-corrected chi connectivity index (χ3v) is 2.92. The quantitative estimate of drug-likeness (QED) is 0.773. The number of hydrogen-bond acceptors (Lipinski definition) is 4. The second-order valence-electron chi connectivity index (χ2n) is 4.57. The van der Waals surface area contributed by atoms with E-state index in [4.69, 9.17) is 0 Å². The molecule has 1 N–H and O–H groups in total. The molecular weight excluding hydrogens is 220 g/mol. The molecule has 1 aromatic rings. The van der Waals surface area contributed by atoms with E-state index in [2.05, 4.69) is 15.4 Å². The molecule has 0 bridgehead atoms. The van der Waals surface area contributed by atoms with E-state index in [0.717, 1.165) is 5.82 Å². The SMILES string of the molecule is CC(C)n1ncnc1CC1CCC(=O)NC1=O. The van der Waals surface area contributed by atoms with Crippen LogP contribution in [0.1, 0.15) is 38.6 Å². The van der Waals surface area contributed by atoms with E-state index in [1.807, 2.05) is 18.5 Å². The predicted molar refractivity (Wildman–Crippen MR) is 60.0 cm³/mol. The third-order valence-electron chi connectivity index (χ3n) is 2.92. The zero-order chi connectivity index (χ0) is 12.4. The monoisotopic (exact) mass is 236 g/mol. The summed E-state index contributed by atoms with van der Waals surface area (Å²) in [5, 5.41) is 6.48. The van der Waals surface area contributed by atoms with Gasteiger partial charge in [0.05, 0.1) is 0 Å². The van der Waals surface area contributed by atoms with Gasteiger partial charge in [0.15, 0.2) is 0 Å². The second kappa shape index (κ2) is 4.65. The minimum absolute atomic E-state index is 0.172. The smallest absolute Gasteiger partial charge is 0.230 e. The minimum atomic E-state index is -0.195. The maximum atomic E-state index is 11.6. The standard InChI is InChI=1S/C11H16N4O2/c1-7(2)15-9(12-6-13-15)5-8-3-4-10(16)14-11(8)17/h6-8H,3-5H2,1-2H3,(H,14,16,17). The Hall–Kier alpha value is -1.72. The van der Waals surface area contributed by atoms with Gasteiger partial charge in [0, 0.05) is 24.8 Å². The van der Waals surface area contributed by atoms with E-state index < -0.39 is 0 Å². The molecule has 92 valence electrons. The number of carbonyl (C=O) groups is 2. The molecule has 6 nitrogen and oxygen atoms in total. The summed E-state index contributed by atoms with van der Waals surface area (Å²) in [6, 6.07) is 0.223. The van der Waals surface area contributed by atoms with Gasteiger partial charge in [-0.25, -0.2) is 9.67 Å². The van der Waals surface area contributed by atoms with Crippen LogP contribution in [0.5, 0.6) is 0 Å². The van der Waals surface area contributed by atoms with Crippen molar-refractivity contribution in [3.63, 3.8) is 0 Å². The number of carbonyl (C=O) groups excluding carboxylic acids is 2. The first-order valence-corrected chi connectivity index (χ1v) is 5.80. The Balaban J connectivity index is 2.08. The van der Waals surface area contributed by atoms with Gasteiger partial charge < -0.3 is 0 Å². The number of aromatic nitrogens is 3. The average Bonchev–Trinajstić information content (AvgIpc) is 2.70. The van der Waals surface area contributed by atoms with Crippen molar-refractivity contribution in [3.8, 4) is 0 Å². The first-order chi connectivity index (χ1) is 8.08. The molecule has 1 unspecified atom stereocenters. The van der Waals surface area contributed by atoms with Crippen molar-refractivity contribution in [2.24, 2.45) is 5.92 Å². The lowest BCUT2D eigenvalue weighted by Gasteiger charge is -2.20. The largest absolute Gasteiger partial charge is 0.296 e. The van der Waals surface area contributed by atoms with E-state index in [0.29, 0.717) is 19.3 Å². The number of hydrogen-bond donors (Lipinski definition) is 1. The minimum Gasteiger partial charge on any atom is -0.296 e. The Morgan fingerprint density at radius 1 is 1.53 bits per heavy atom. The van der Waals surface area contributed by atoms with Crippen LogP contribution in [-0.2, 0) is 16.0 Å². The van der Waals surface area contributed by atoms with Crippen LogP contribution >= 0.6 is 0 Å². The first-order valence-electron chi connectivity index (χ1n) is 5.80. The molecule has 1 fully saturated rings. The molecule has 0 spiro atoms. The molecule has 0 radical (unpaired) electrons. The molecule has 1 saturated heterocycles. The Labute approximate surface area is 99.4 Å². The van der Waals surface area contributed by atoms with E-state index in [1.54, 1.807) is 0 Å². The number of rotatable bonds is 3. The van der Waals surface area contributed by atoms with Crippen LogP contribution < -0.4 is 5.32 Å². The predicted octanol–water partition coefficient (Wildman–Crippen LogP) is 0.454. The number of piperidine rings is 1. The van der Waals surface area contributed by atoms with Gasteiger partial charge in [-0.2, -0.15) is 5.10 Å². The van der Waals surface area contributed by atoms with Gasteiger partial charge in [-0.1, -0.05) is 0 Å². The van der Waals surface area contributed by atoms with Gasteiger partial charge >= 0.3 is 0 Å². The molecule has 0 aliphatic carbocycles. The fourth-order valence-corrected chi connectivity index (χ4v) is 2.01. The summed E-state index contributed by atoms with van der Waals surface area (Å²) in [6.45, 7) is 4.03. The van der Waals surface area contributed by atoms with Gasteiger partial charge in [-0.05, 0) is 20.3 Å². The molecule has 6 heteroatoms. The molecule has 2 amide bonds. The summed E-state index contributed by atoms with van der Waals surface area (Å²) < 4.78 is 1.81. The lowest BCUT2D eigenvalue weighted by molar-refractivity contribution is -0.136. The normalized spacial score (nSPS) is 20.8. The molecule has 2 rings (SSSR count). The number of imide groups is 1. The fraction of sp³-hybridized carbons (Fsp3) is 0.636. The van der Waals surface area contributed by atoms with Crippen molar-refractivity contribution >= 4 is 11.8 Å². The van der Waals surface area contributed by atoms with Crippen LogP contribution in [0, 0.1) is 5.92 Å². The number of nitrogens with zero attached hydrogens (tertiary/aromatic N) is 3. The van der Waals surface area contributed by atoms with Gasteiger partial charge in [0.25, 0.3) is 0 Å². The summed E-state index contributed by atoms with van der Waals surface area (Å²) in [6.07, 6.45) is 3.04. The van der Waals surface area contributed by atoms with Crippen molar-refractivity contribution in [3.05, 3.63) is 12.2 Å². The van der Waals surface area contributed by atoms with Crippen LogP contribution in [0.2, 0.25) is 0 Å². The molecule has 1 aromatic heterocycles. The molecule has 1 aliphatic rings. The number of amides is 2. The van der Waals surface area contributed by atoms with Crippen LogP contribution in [-0.4, -0.2) is 26.6 Å². The topological polar surface area (TPSA) is 76.9 Å². The lowest BCUT2D eigenvalue weighted by atomic mass is 9.94. The highest BCUT2D eigenvalue weighted by molar-refractivity contribution is 5.98. The van der Waals surface area contributed by atoms with Crippen LogP contribution in [0.15, 0.2) is 6.33 Å². The van der Waals surface area contributed by atoms with E-state index >= 15 is 0 Å². The number of nitrogens with one attached hydrogen (secondary N) is 1. The molecule has 1 atom stereocenters. The maximum absolute atomic E-state index is 11.6. The third kappa shape index (κ3) is 2.51. The fourth-order valence-electron chi connectivity index (χ4n) is 2.01. The van der Waals surface area contributed by atoms with Gasteiger partial charge in [-0.15, -0.1) is 0 Å². The van der Waals surface area contributed by atoms with Gasteiger partial charge in [0.2, 0.25) is 11.8 Å². The Kier molecular flexibility index (Phi) is 3.21.